The first-order chi connectivity index (χ1) is 8.79. The summed E-state index contributed by atoms with van der Waals surface area (Å²) in [6.07, 6.45) is 0. The molecule has 2 aromatic rings. The standard InChI is InChI=1S/C13H16ClN3O/c1-2-17-12-4-3-10(14)9-11(12)15-13(17)16-5-7-18-8-6-16/h3-4,9H,2,5-8H2,1H3. The number of aryl methyl sites for hydroxylation is 1. The maximum Gasteiger partial charge on any atom is 0.206 e. The summed E-state index contributed by atoms with van der Waals surface area (Å²) < 4.78 is 7.62. The van der Waals surface area contributed by atoms with E-state index in [1.165, 1.54) is 0 Å². The molecule has 0 amide bonds. The van der Waals surface area contributed by atoms with E-state index < -0.39 is 0 Å². The van der Waals surface area contributed by atoms with Crippen LogP contribution in [0.4, 0.5) is 5.95 Å². The molecule has 1 aromatic carbocycles. The average molecular weight is 266 g/mol. The minimum Gasteiger partial charge on any atom is -0.378 e. The summed E-state index contributed by atoms with van der Waals surface area (Å²) in [6, 6.07) is 5.88. The molecule has 1 aromatic heterocycles. The zero-order valence-corrected chi connectivity index (χ0v) is 11.2. The largest absolute Gasteiger partial charge is 0.378 e. The van der Waals surface area contributed by atoms with Gasteiger partial charge in [-0.15, -0.1) is 0 Å². The van der Waals surface area contributed by atoms with Gasteiger partial charge in [-0.1, -0.05) is 11.6 Å². The van der Waals surface area contributed by atoms with Gasteiger partial charge in [-0.05, 0) is 25.1 Å². The Morgan fingerprint density at radius 2 is 2.11 bits per heavy atom. The summed E-state index contributed by atoms with van der Waals surface area (Å²) in [5.74, 6) is 1.03. The molecule has 0 N–H and O–H groups in total. The number of ether oxygens (including phenoxy) is 1. The third-order valence-corrected chi connectivity index (χ3v) is 3.54. The van der Waals surface area contributed by atoms with Crippen LogP contribution >= 0.6 is 11.6 Å². The van der Waals surface area contributed by atoms with Crippen molar-refractivity contribution in [1.29, 1.82) is 0 Å². The number of halogens is 1. The Morgan fingerprint density at radius 3 is 2.83 bits per heavy atom. The number of imidazole rings is 1. The van der Waals surface area contributed by atoms with E-state index in [1.54, 1.807) is 0 Å². The van der Waals surface area contributed by atoms with Crippen LogP contribution in [0.15, 0.2) is 18.2 Å². The Bertz CT molecular complexity index is 561. The van der Waals surface area contributed by atoms with Crippen LogP contribution in [0.25, 0.3) is 11.0 Å². The highest BCUT2D eigenvalue weighted by molar-refractivity contribution is 6.31. The highest BCUT2D eigenvalue weighted by Gasteiger charge is 2.18. The number of fused-ring (bicyclic) bond motifs is 1. The van der Waals surface area contributed by atoms with E-state index in [0.717, 1.165) is 54.9 Å². The molecule has 1 aliphatic heterocycles. The van der Waals surface area contributed by atoms with E-state index >= 15 is 0 Å². The SMILES string of the molecule is CCn1c(N2CCOCC2)nc2cc(Cl)ccc21. The van der Waals surface area contributed by atoms with Crippen LogP contribution in [0.3, 0.4) is 0 Å². The molecular formula is C13H16ClN3O. The molecule has 2 heterocycles. The second-order valence-corrected chi connectivity index (χ2v) is 4.82. The van der Waals surface area contributed by atoms with Gasteiger partial charge < -0.3 is 14.2 Å². The number of aromatic nitrogens is 2. The number of anilines is 1. The van der Waals surface area contributed by atoms with Crippen LogP contribution < -0.4 is 4.90 Å². The van der Waals surface area contributed by atoms with Gasteiger partial charge in [-0.25, -0.2) is 4.98 Å². The minimum absolute atomic E-state index is 0.733. The fourth-order valence-electron chi connectivity index (χ4n) is 2.41. The molecule has 4 nitrogen and oxygen atoms in total. The molecule has 0 spiro atoms. The smallest absolute Gasteiger partial charge is 0.206 e. The summed E-state index contributed by atoms with van der Waals surface area (Å²) in [7, 11) is 0. The zero-order chi connectivity index (χ0) is 12.5. The van der Waals surface area contributed by atoms with Crippen molar-refractivity contribution in [3.05, 3.63) is 23.2 Å². The normalized spacial score (nSPS) is 16.4. The third-order valence-electron chi connectivity index (χ3n) is 3.30. The highest BCUT2D eigenvalue weighted by Crippen LogP contribution is 2.25. The number of rotatable bonds is 2. The van der Waals surface area contributed by atoms with Gasteiger partial charge >= 0.3 is 0 Å². The van der Waals surface area contributed by atoms with E-state index in [9.17, 15) is 0 Å². The molecule has 5 heteroatoms. The summed E-state index contributed by atoms with van der Waals surface area (Å²) >= 11 is 6.03. The second kappa shape index (κ2) is 4.78. The fraction of sp³-hybridized carbons (Fsp3) is 0.462. The van der Waals surface area contributed by atoms with Crippen molar-refractivity contribution < 1.29 is 4.74 Å². The molecule has 0 unspecified atom stereocenters. The Labute approximate surface area is 111 Å². The summed E-state index contributed by atoms with van der Waals surface area (Å²) in [6.45, 7) is 6.39. The molecule has 96 valence electrons. The van der Waals surface area contributed by atoms with Crippen LogP contribution in [0.5, 0.6) is 0 Å². The van der Waals surface area contributed by atoms with Crippen molar-refractivity contribution in [2.45, 2.75) is 13.5 Å². The monoisotopic (exact) mass is 265 g/mol. The van der Waals surface area contributed by atoms with Crippen molar-refractivity contribution >= 4 is 28.6 Å². The van der Waals surface area contributed by atoms with Gasteiger partial charge in [0.2, 0.25) is 5.95 Å². The molecule has 1 fully saturated rings. The lowest BCUT2D eigenvalue weighted by Gasteiger charge is -2.28. The zero-order valence-electron chi connectivity index (χ0n) is 10.4. The molecular weight excluding hydrogens is 250 g/mol. The lowest BCUT2D eigenvalue weighted by molar-refractivity contribution is 0.121. The Kier molecular flexibility index (Phi) is 3.14. The van der Waals surface area contributed by atoms with Gasteiger partial charge in [-0.2, -0.15) is 0 Å². The molecule has 0 saturated carbocycles. The number of hydrogen-bond donors (Lipinski definition) is 0. The van der Waals surface area contributed by atoms with Gasteiger partial charge in [0.05, 0.1) is 24.2 Å². The highest BCUT2D eigenvalue weighted by atomic mass is 35.5. The Balaban J connectivity index is 2.09. The topological polar surface area (TPSA) is 30.3 Å². The third kappa shape index (κ3) is 1.95. The van der Waals surface area contributed by atoms with Gasteiger partial charge in [0.15, 0.2) is 0 Å². The first kappa shape index (κ1) is 11.8. The predicted octanol–water partition coefficient (Wildman–Crippen LogP) is 2.55. The second-order valence-electron chi connectivity index (χ2n) is 4.39. The molecule has 0 atom stereocenters. The van der Waals surface area contributed by atoms with Crippen molar-refractivity contribution in [3.63, 3.8) is 0 Å². The van der Waals surface area contributed by atoms with Crippen LogP contribution in [0.1, 0.15) is 6.92 Å². The van der Waals surface area contributed by atoms with Crippen LogP contribution in [-0.4, -0.2) is 35.9 Å². The first-order valence-electron chi connectivity index (χ1n) is 6.28. The van der Waals surface area contributed by atoms with E-state index in [4.69, 9.17) is 21.3 Å². The minimum atomic E-state index is 0.733. The molecule has 0 aliphatic carbocycles. The number of morpholine rings is 1. The lowest BCUT2D eigenvalue weighted by atomic mass is 10.3. The van der Waals surface area contributed by atoms with Crippen LogP contribution in [0, 0.1) is 0 Å². The molecule has 1 saturated heterocycles. The first-order valence-corrected chi connectivity index (χ1v) is 6.66. The quantitative estimate of drug-likeness (QED) is 0.836. The van der Waals surface area contributed by atoms with Gasteiger partial charge in [0, 0.05) is 24.7 Å². The van der Waals surface area contributed by atoms with Crippen molar-refractivity contribution in [2.75, 3.05) is 31.2 Å². The van der Waals surface area contributed by atoms with Crippen LogP contribution in [0.2, 0.25) is 5.02 Å². The van der Waals surface area contributed by atoms with Gasteiger partial charge in [0.1, 0.15) is 0 Å². The lowest BCUT2D eigenvalue weighted by Crippen LogP contribution is -2.37. The molecule has 0 radical (unpaired) electrons. The molecule has 3 rings (SSSR count). The maximum absolute atomic E-state index is 6.03. The summed E-state index contributed by atoms with van der Waals surface area (Å²) in [4.78, 5) is 7.00. The number of nitrogens with zero attached hydrogens (tertiary/aromatic N) is 3. The fourth-order valence-corrected chi connectivity index (χ4v) is 2.57. The van der Waals surface area contributed by atoms with Crippen molar-refractivity contribution in [3.8, 4) is 0 Å². The summed E-state index contributed by atoms with van der Waals surface area (Å²) in [5, 5.41) is 0.733. The van der Waals surface area contributed by atoms with E-state index in [0.29, 0.717) is 0 Å². The van der Waals surface area contributed by atoms with Crippen LogP contribution in [-0.2, 0) is 11.3 Å². The van der Waals surface area contributed by atoms with Gasteiger partial charge in [-0.3, -0.25) is 0 Å². The predicted molar refractivity (Wildman–Crippen MR) is 73.4 cm³/mol. The average Bonchev–Trinajstić information content (AvgIpc) is 2.77. The number of benzene rings is 1. The summed E-state index contributed by atoms with van der Waals surface area (Å²) in [5.41, 5.74) is 2.11. The van der Waals surface area contributed by atoms with E-state index in [-0.39, 0.29) is 0 Å². The van der Waals surface area contributed by atoms with Crippen molar-refractivity contribution in [1.82, 2.24) is 9.55 Å². The maximum atomic E-state index is 6.03. The molecule has 1 aliphatic rings. The Hall–Kier alpha value is -1.26. The molecule has 18 heavy (non-hydrogen) atoms. The van der Waals surface area contributed by atoms with E-state index in [1.807, 2.05) is 18.2 Å². The van der Waals surface area contributed by atoms with E-state index in [2.05, 4.69) is 16.4 Å². The van der Waals surface area contributed by atoms with Crippen molar-refractivity contribution in [2.24, 2.45) is 0 Å². The Morgan fingerprint density at radius 1 is 1.33 bits per heavy atom. The number of hydrogen-bond acceptors (Lipinski definition) is 3. The molecule has 0 bridgehead atoms. The van der Waals surface area contributed by atoms with Gasteiger partial charge in [0.25, 0.3) is 0 Å².